The summed E-state index contributed by atoms with van der Waals surface area (Å²) in [6, 6.07) is 10.8. The molecule has 1 N–H and O–H groups in total. The molecule has 2 rings (SSSR count). The van der Waals surface area contributed by atoms with E-state index in [1.54, 1.807) is 24.3 Å². The van der Waals surface area contributed by atoms with Gasteiger partial charge in [-0.05, 0) is 54.7 Å². The lowest BCUT2D eigenvalue weighted by Crippen LogP contribution is -2.30. The minimum absolute atomic E-state index is 0.266. The van der Waals surface area contributed by atoms with E-state index < -0.39 is 18.5 Å². The Labute approximate surface area is 176 Å². The van der Waals surface area contributed by atoms with E-state index in [0.717, 1.165) is 12.0 Å². The van der Waals surface area contributed by atoms with Crippen molar-refractivity contribution in [2.24, 2.45) is 5.92 Å². The monoisotopic (exact) mass is 417 g/mol. The number of hydrogen-bond donors (Lipinski definition) is 1. The fraction of sp³-hybridized carbons (Fsp3) is 0.391. The van der Waals surface area contributed by atoms with E-state index >= 15 is 0 Å². The van der Waals surface area contributed by atoms with Crippen molar-refractivity contribution in [3.8, 4) is 11.5 Å². The van der Waals surface area contributed by atoms with Crippen LogP contribution in [0.1, 0.15) is 36.2 Å². The third-order valence-corrected chi connectivity index (χ3v) is 4.34. The normalized spacial score (nSPS) is 10.6. The van der Waals surface area contributed by atoms with Crippen LogP contribution in [-0.2, 0) is 16.0 Å². The maximum atomic E-state index is 12.9. The fourth-order valence-corrected chi connectivity index (χ4v) is 2.58. The van der Waals surface area contributed by atoms with Gasteiger partial charge in [0.2, 0.25) is 0 Å². The van der Waals surface area contributed by atoms with Crippen LogP contribution in [0.3, 0.4) is 0 Å². The summed E-state index contributed by atoms with van der Waals surface area (Å²) in [6.07, 6.45) is 1.46. The molecule has 0 saturated carbocycles. The average molecular weight is 417 g/mol. The number of nitrogens with one attached hydrogen (secondary N) is 1. The van der Waals surface area contributed by atoms with Crippen molar-refractivity contribution in [1.82, 2.24) is 5.32 Å². The summed E-state index contributed by atoms with van der Waals surface area (Å²) in [5.74, 6) is 0.153. The minimum Gasteiger partial charge on any atom is -0.493 e. The van der Waals surface area contributed by atoms with Crippen molar-refractivity contribution in [3.63, 3.8) is 0 Å². The molecule has 0 unspecified atom stereocenters. The summed E-state index contributed by atoms with van der Waals surface area (Å²) in [5, 5.41) is 2.66. The molecule has 30 heavy (non-hydrogen) atoms. The number of carbonyl (C=O) groups is 2. The Morgan fingerprint density at radius 1 is 1.07 bits per heavy atom. The quantitative estimate of drug-likeness (QED) is 0.564. The Bertz CT molecular complexity index is 836. The summed E-state index contributed by atoms with van der Waals surface area (Å²) in [6.45, 7) is 4.74. The molecule has 2 aromatic rings. The second-order valence-electron chi connectivity index (χ2n) is 7.20. The molecule has 7 heteroatoms. The third-order valence-electron chi connectivity index (χ3n) is 4.34. The zero-order chi connectivity index (χ0) is 21.9. The van der Waals surface area contributed by atoms with Gasteiger partial charge in [0.1, 0.15) is 5.82 Å². The molecule has 0 atom stereocenters. The Kier molecular flexibility index (Phi) is 9.12. The van der Waals surface area contributed by atoms with Crippen LogP contribution in [0, 0.1) is 11.7 Å². The number of hydrogen-bond acceptors (Lipinski definition) is 5. The van der Waals surface area contributed by atoms with Crippen LogP contribution in [0.15, 0.2) is 42.5 Å². The molecule has 0 aliphatic carbocycles. The number of esters is 1. The number of halogens is 1. The molecule has 2 aromatic carbocycles. The molecule has 0 heterocycles. The summed E-state index contributed by atoms with van der Waals surface area (Å²) in [7, 11) is 1.49. The Hall–Kier alpha value is -3.09. The second kappa shape index (κ2) is 11.8. The number of carbonyl (C=O) groups excluding carboxylic acids is 2. The predicted octanol–water partition coefficient (Wildman–Crippen LogP) is 3.77. The van der Waals surface area contributed by atoms with Crippen LogP contribution in [-0.4, -0.2) is 38.7 Å². The summed E-state index contributed by atoms with van der Waals surface area (Å²) < 4.78 is 28.9. The van der Waals surface area contributed by atoms with Crippen LogP contribution in [0.5, 0.6) is 11.5 Å². The molecule has 0 aliphatic rings. The topological polar surface area (TPSA) is 73.9 Å². The van der Waals surface area contributed by atoms with Gasteiger partial charge in [-0.25, -0.2) is 9.18 Å². The van der Waals surface area contributed by atoms with Gasteiger partial charge in [-0.15, -0.1) is 0 Å². The van der Waals surface area contributed by atoms with E-state index in [0.29, 0.717) is 37.0 Å². The van der Waals surface area contributed by atoms with Crippen molar-refractivity contribution < 1.29 is 28.2 Å². The molecular weight excluding hydrogens is 389 g/mol. The average Bonchev–Trinajstić information content (AvgIpc) is 2.73. The fourth-order valence-electron chi connectivity index (χ4n) is 2.58. The van der Waals surface area contributed by atoms with Crippen molar-refractivity contribution in [1.29, 1.82) is 0 Å². The number of methoxy groups -OCH3 is 1. The van der Waals surface area contributed by atoms with E-state index in [9.17, 15) is 14.0 Å². The SMILES string of the molecule is COc1cc(C(=O)OCC(=O)NCCc2ccc(F)cc2)ccc1OCCC(C)C. The maximum Gasteiger partial charge on any atom is 0.338 e. The molecule has 0 radical (unpaired) electrons. The van der Waals surface area contributed by atoms with Crippen LogP contribution in [0.25, 0.3) is 0 Å². The van der Waals surface area contributed by atoms with Gasteiger partial charge in [0.05, 0.1) is 19.3 Å². The first-order valence-electron chi connectivity index (χ1n) is 9.88. The van der Waals surface area contributed by atoms with Gasteiger partial charge in [-0.1, -0.05) is 26.0 Å². The van der Waals surface area contributed by atoms with Gasteiger partial charge in [0.25, 0.3) is 5.91 Å². The number of ether oxygens (including phenoxy) is 3. The molecular formula is C23H28FNO5. The van der Waals surface area contributed by atoms with Gasteiger partial charge in [0, 0.05) is 6.54 Å². The van der Waals surface area contributed by atoms with Gasteiger partial charge in [-0.2, -0.15) is 0 Å². The van der Waals surface area contributed by atoms with Crippen molar-refractivity contribution >= 4 is 11.9 Å². The maximum absolute atomic E-state index is 12.9. The van der Waals surface area contributed by atoms with Crippen molar-refractivity contribution in [2.45, 2.75) is 26.7 Å². The molecule has 0 aromatic heterocycles. The molecule has 1 amide bonds. The van der Waals surface area contributed by atoms with E-state index in [-0.39, 0.29) is 11.4 Å². The summed E-state index contributed by atoms with van der Waals surface area (Å²) >= 11 is 0. The smallest absolute Gasteiger partial charge is 0.338 e. The highest BCUT2D eigenvalue weighted by Crippen LogP contribution is 2.28. The highest BCUT2D eigenvalue weighted by Gasteiger charge is 2.14. The lowest BCUT2D eigenvalue weighted by atomic mass is 10.1. The highest BCUT2D eigenvalue weighted by molar-refractivity contribution is 5.92. The Morgan fingerprint density at radius 2 is 1.80 bits per heavy atom. The van der Waals surface area contributed by atoms with Gasteiger partial charge in [-0.3, -0.25) is 4.79 Å². The largest absolute Gasteiger partial charge is 0.493 e. The van der Waals surface area contributed by atoms with Crippen LogP contribution in [0.2, 0.25) is 0 Å². The molecule has 0 spiro atoms. The molecule has 162 valence electrons. The number of benzene rings is 2. The van der Waals surface area contributed by atoms with Crippen LogP contribution < -0.4 is 14.8 Å². The van der Waals surface area contributed by atoms with Crippen molar-refractivity contribution in [2.75, 3.05) is 26.9 Å². The molecule has 0 saturated heterocycles. The van der Waals surface area contributed by atoms with E-state index in [1.165, 1.54) is 25.3 Å². The third kappa shape index (κ3) is 7.73. The first-order chi connectivity index (χ1) is 14.4. The van der Waals surface area contributed by atoms with Crippen LogP contribution >= 0.6 is 0 Å². The van der Waals surface area contributed by atoms with Crippen molar-refractivity contribution in [3.05, 3.63) is 59.4 Å². The molecule has 0 aliphatic heterocycles. The first-order valence-corrected chi connectivity index (χ1v) is 9.88. The highest BCUT2D eigenvalue weighted by atomic mass is 19.1. The summed E-state index contributed by atoms with van der Waals surface area (Å²) in [5.41, 5.74) is 1.17. The lowest BCUT2D eigenvalue weighted by molar-refractivity contribution is -0.124. The van der Waals surface area contributed by atoms with E-state index in [2.05, 4.69) is 19.2 Å². The predicted molar refractivity (Wildman–Crippen MR) is 111 cm³/mol. The molecule has 0 bridgehead atoms. The zero-order valence-electron chi connectivity index (χ0n) is 17.6. The second-order valence-corrected chi connectivity index (χ2v) is 7.20. The van der Waals surface area contributed by atoms with Gasteiger partial charge in [0.15, 0.2) is 18.1 Å². The zero-order valence-corrected chi connectivity index (χ0v) is 17.6. The molecule has 0 fully saturated rings. The summed E-state index contributed by atoms with van der Waals surface area (Å²) in [4.78, 5) is 24.1. The number of rotatable bonds is 11. The van der Waals surface area contributed by atoms with E-state index in [1.807, 2.05) is 0 Å². The first kappa shape index (κ1) is 23.2. The van der Waals surface area contributed by atoms with Gasteiger partial charge < -0.3 is 19.5 Å². The lowest BCUT2D eigenvalue weighted by Gasteiger charge is -2.13. The Morgan fingerprint density at radius 3 is 2.47 bits per heavy atom. The molecule has 6 nitrogen and oxygen atoms in total. The Balaban J connectivity index is 1.78. The van der Waals surface area contributed by atoms with Crippen LogP contribution in [0.4, 0.5) is 4.39 Å². The minimum atomic E-state index is -0.629. The van der Waals surface area contributed by atoms with E-state index in [4.69, 9.17) is 14.2 Å². The van der Waals surface area contributed by atoms with Gasteiger partial charge >= 0.3 is 5.97 Å². The standard InChI is InChI=1S/C23H28FNO5/c1-16(2)11-13-29-20-9-6-18(14-21(20)28-3)23(27)30-15-22(26)25-12-10-17-4-7-19(24)8-5-17/h4-9,14,16H,10-13,15H2,1-3H3,(H,25,26). The number of amides is 1.